The van der Waals surface area contributed by atoms with E-state index in [1.807, 2.05) is 0 Å². The van der Waals surface area contributed by atoms with Crippen LogP contribution in [0.5, 0.6) is 0 Å². The number of halogens is 4. The highest BCUT2D eigenvalue weighted by Gasteiger charge is 2.44. The first-order chi connectivity index (χ1) is 9.79. The van der Waals surface area contributed by atoms with Crippen molar-refractivity contribution in [2.24, 2.45) is 5.92 Å². The van der Waals surface area contributed by atoms with Crippen molar-refractivity contribution in [3.8, 4) is 0 Å². The Hall–Kier alpha value is -0.750. The summed E-state index contributed by atoms with van der Waals surface area (Å²) in [6, 6.07) is 4.51. The van der Waals surface area contributed by atoms with E-state index in [1.165, 1.54) is 25.0 Å². The molecule has 3 rings (SSSR count). The number of nitrogens with zero attached hydrogens (tertiary/aromatic N) is 1. The maximum Gasteiger partial charge on any atom is 0.417 e. The molecule has 21 heavy (non-hydrogen) atoms. The molecule has 1 atom stereocenters. The van der Waals surface area contributed by atoms with E-state index in [2.05, 4.69) is 33.1 Å². The topological polar surface area (TPSA) is 15.3 Å². The molecule has 2 nitrogen and oxygen atoms in total. The third-order valence-corrected chi connectivity index (χ3v) is 5.22. The third-order valence-electron chi connectivity index (χ3n) is 4.53. The van der Waals surface area contributed by atoms with Crippen LogP contribution in [0.1, 0.15) is 25.3 Å². The van der Waals surface area contributed by atoms with Crippen LogP contribution in [0.3, 0.4) is 0 Å². The fourth-order valence-electron chi connectivity index (χ4n) is 3.15. The summed E-state index contributed by atoms with van der Waals surface area (Å²) in [6.07, 6.45) is -1.90. The van der Waals surface area contributed by atoms with Gasteiger partial charge in [-0.15, -0.1) is 0 Å². The van der Waals surface area contributed by atoms with Gasteiger partial charge in [0.05, 0.1) is 5.56 Å². The van der Waals surface area contributed by atoms with Crippen molar-refractivity contribution >= 4 is 21.6 Å². The minimum absolute atomic E-state index is 0.0176. The van der Waals surface area contributed by atoms with Crippen LogP contribution in [0, 0.1) is 5.92 Å². The molecule has 0 amide bonds. The highest BCUT2D eigenvalue weighted by atomic mass is 79.9. The Bertz CT molecular complexity index is 542. The Morgan fingerprint density at radius 3 is 2.67 bits per heavy atom. The second kappa shape index (κ2) is 5.16. The molecule has 1 N–H and O–H groups in total. The first-order valence-electron chi connectivity index (χ1n) is 7.16. The SMILES string of the molecule is CC1(C2CC2)CN(c2ccc(Br)c(C(F)(F)F)c2)CCN1. The van der Waals surface area contributed by atoms with Gasteiger partial charge in [-0.1, -0.05) is 15.9 Å². The Kier molecular flexibility index (Phi) is 3.72. The lowest BCUT2D eigenvalue weighted by Gasteiger charge is -2.43. The number of hydrogen-bond acceptors (Lipinski definition) is 2. The van der Waals surface area contributed by atoms with E-state index in [0.717, 1.165) is 19.6 Å². The van der Waals surface area contributed by atoms with E-state index in [9.17, 15) is 13.2 Å². The molecule has 1 aliphatic heterocycles. The molecule has 0 aromatic heterocycles. The van der Waals surface area contributed by atoms with Gasteiger partial charge in [0.15, 0.2) is 0 Å². The number of alkyl halides is 3. The molecule has 0 bridgehead atoms. The Morgan fingerprint density at radius 2 is 2.05 bits per heavy atom. The van der Waals surface area contributed by atoms with Crippen molar-refractivity contribution < 1.29 is 13.2 Å². The van der Waals surface area contributed by atoms with Gasteiger partial charge in [0, 0.05) is 35.3 Å². The van der Waals surface area contributed by atoms with Crippen LogP contribution >= 0.6 is 15.9 Å². The standard InChI is InChI=1S/C15H18BrF3N2/c1-14(10-2-3-10)9-21(7-6-20-14)11-4-5-13(16)12(8-11)15(17,18)19/h4-5,8,10,20H,2-3,6-7,9H2,1H3. The first kappa shape index (κ1) is 15.2. The summed E-state index contributed by atoms with van der Waals surface area (Å²) in [5, 5.41) is 3.54. The van der Waals surface area contributed by atoms with E-state index >= 15 is 0 Å². The van der Waals surface area contributed by atoms with Gasteiger partial charge in [0.1, 0.15) is 0 Å². The van der Waals surface area contributed by atoms with Crippen molar-refractivity contribution in [3.05, 3.63) is 28.2 Å². The fourth-order valence-corrected chi connectivity index (χ4v) is 3.62. The van der Waals surface area contributed by atoms with Gasteiger partial charge < -0.3 is 10.2 Å². The van der Waals surface area contributed by atoms with Crippen LogP contribution < -0.4 is 10.2 Å². The van der Waals surface area contributed by atoms with Crippen molar-refractivity contribution in [2.45, 2.75) is 31.5 Å². The largest absolute Gasteiger partial charge is 0.417 e. The lowest BCUT2D eigenvalue weighted by atomic mass is 9.92. The second-order valence-corrected chi connectivity index (χ2v) is 7.06. The van der Waals surface area contributed by atoms with Gasteiger partial charge in [0.25, 0.3) is 0 Å². The molecule has 0 spiro atoms. The molecule has 6 heteroatoms. The molecule has 2 fully saturated rings. The predicted molar refractivity (Wildman–Crippen MR) is 80.5 cm³/mol. The zero-order valence-corrected chi connectivity index (χ0v) is 13.4. The van der Waals surface area contributed by atoms with Crippen LogP contribution in [-0.2, 0) is 6.18 Å². The van der Waals surface area contributed by atoms with Gasteiger partial charge in [-0.05, 0) is 43.9 Å². The second-order valence-electron chi connectivity index (χ2n) is 6.20. The van der Waals surface area contributed by atoms with Gasteiger partial charge in [0.2, 0.25) is 0 Å². The van der Waals surface area contributed by atoms with Crippen molar-refractivity contribution in [3.63, 3.8) is 0 Å². The number of anilines is 1. The van der Waals surface area contributed by atoms with Gasteiger partial charge in [-0.3, -0.25) is 0 Å². The Balaban J connectivity index is 1.86. The lowest BCUT2D eigenvalue weighted by molar-refractivity contribution is -0.138. The number of rotatable bonds is 2. The number of benzene rings is 1. The number of piperazine rings is 1. The number of nitrogens with one attached hydrogen (secondary N) is 1. The number of hydrogen-bond donors (Lipinski definition) is 1. The van der Waals surface area contributed by atoms with Crippen LogP contribution in [0.25, 0.3) is 0 Å². The van der Waals surface area contributed by atoms with Crippen molar-refractivity contribution in [1.29, 1.82) is 0 Å². The minimum atomic E-state index is -4.33. The monoisotopic (exact) mass is 362 g/mol. The average Bonchev–Trinajstić information content (AvgIpc) is 3.22. The zero-order valence-electron chi connectivity index (χ0n) is 11.8. The molecule has 116 valence electrons. The van der Waals surface area contributed by atoms with Gasteiger partial charge in [-0.2, -0.15) is 13.2 Å². The molecular formula is C15H18BrF3N2. The fraction of sp³-hybridized carbons (Fsp3) is 0.600. The van der Waals surface area contributed by atoms with E-state index in [4.69, 9.17) is 0 Å². The molecule has 1 aromatic carbocycles. The van der Waals surface area contributed by atoms with E-state index < -0.39 is 11.7 Å². The van der Waals surface area contributed by atoms with Gasteiger partial charge in [-0.25, -0.2) is 0 Å². The third kappa shape index (κ3) is 3.06. The van der Waals surface area contributed by atoms with Crippen molar-refractivity contribution in [1.82, 2.24) is 5.32 Å². The summed E-state index contributed by atoms with van der Waals surface area (Å²) in [5.41, 5.74) is 0.0644. The molecule has 1 heterocycles. The molecule has 0 radical (unpaired) electrons. The molecule has 1 aliphatic carbocycles. The van der Waals surface area contributed by atoms with Crippen LogP contribution in [0.2, 0.25) is 0 Å². The van der Waals surface area contributed by atoms with E-state index in [0.29, 0.717) is 11.6 Å². The molecule has 2 aliphatic rings. The van der Waals surface area contributed by atoms with Crippen LogP contribution in [0.4, 0.5) is 18.9 Å². The maximum atomic E-state index is 13.0. The molecule has 1 aromatic rings. The molecule has 1 unspecified atom stereocenters. The smallest absolute Gasteiger partial charge is 0.368 e. The van der Waals surface area contributed by atoms with Gasteiger partial charge >= 0.3 is 6.18 Å². The molecule has 1 saturated carbocycles. The maximum absolute atomic E-state index is 13.0. The molecule has 1 saturated heterocycles. The van der Waals surface area contributed by atoms with Crippen LogP contribution in [-0.4, -0.2) is 25.2 Å². The summed E-state index contributed by atoms with van der Waals surface area (Å²) >= 11 is 3.00. The summed E-state index contributed by atoms with van der Waals surface area (Å²) in [6.45, 7) is 4.49. The predicted octanol–water partition coefficient (Wildman–Crippen LogP) is 4.05. The summed E-state index contributed by atoms with van der Waals surface area (Å²) < 4.78 is 39.2. The van der Waals surface area contributed by atoms with E-state index in [1.54, 1.807) is 6.07 Å². The average molecular weight is 363 g/mol. The van der Waals surface area contributed by atoms with E-state index in [-0.39, 0.29) is 10.0 Å². The normalized spacial score (nSPS) is 27.0. The lowest BCUT2D eigenvalue weighted by Crippen LogP contribution is -2.60. The minimum Gasteiger partial charge on any atom is -0.368 e. The highest BCUT2D eigenvalue weighted by molar-refractivity contribution is 9.10. The highest BCUT2D eigenvalue weighted by Crippen LogP contribution is 2.42. The first-order valence-corrected chi connectivity index (χ1v) is 7.96. The summed E-state index contributed by atoms with van der Waals surface area (Å²) in [5.74, 6) is 0.651. The summed E-state index contributed by atoms with van der Waals surface area (Å²) in [4.78, 5) is 2.07. The molecular weight excluding hydrogens is 345 g/mol. The quantitative estimate of drug-likeness (QED) is 0.853. The van der Waals surface area contributed by atoms with Crippen molar-refractivity contribution in [2.75, 3.05) is 24.5 Å². The Labute approximate surface area is 130 Å². The van der Waals surface area contributed by atoms with Crippen LogP contribution in [0.15, 0.2) is 22.7 Å². The summed E-state index contributed by atoms with van der Waals surface area (Å²) in [7, 11) is 0. The zero-order chi connectivity index (χ0) is 15.3. The Morgan fingerprint density at radius 1 is 1.33 bits per heavy atom.